The van der Waals surface area contributed by atoms with Crippen LogP contribution in [0.5, 0.6) is 0 Å². The number of fused-ring (bicyclic) bond motifs is 1. The fourth-order valence-corrected chi connectivity index (χ4v) is 7.45. The van der Waals surface area contributed by atoms with E-state index < -0.39 is 0 Å². The Kier molecular flexibility index (Phi) is 12.2. The van der Waals surface area contributed by atoms with Gasteiger partial charge in [-0.25, -0.2) is 9.78 Å². The molecule has 0 spiro atoms. The van der Waals surface area contributed by atoms with E-state index in [1.807, 2.05) is 12.2 Å². The maximum absolute atomic E-state index is 5.90. The molecule has 2 heterocycles. The Hall–Kier alpha value is -2.70. The highest BCUT2D eigenvalue weighted by molar-refractivity contribution is 5.50. The van der Waals surface area contributed by atoms with Gasteiger partial charge < -0.3 is 14.4 Å². The van der Waals surface area contributed by atoms with E-state index in [0.717, 1.165) is 34.8 Å². The molecule has 2 aromatic carbocycles. The molecule has 0 amide bonds. The quantitative estimate of drug-likeness (QED) is 0.0727. The summed E-state index contributed by atoms with van der Waals surface area (Å²) in [5.74, 6) is 3.47. The van der Waals surface area contributed by atoms with Crippen molar-refractivity contribution in [1.29, 1.82) is 0 Å². The zero-order valence-corrected chi connectivity index (χ0v) is 27.7. The van der Waals surface area contributed by atoms with Crippen LogP contribution < -0.4 is 0 Å². The van der Waals surface area contributed by atoms with Crippen molar-refractivity contribution < 1.29 is 29.0 Å². The normalized spacial score (nSPS) is 31.0. The first-order valence-electron chi connectivity index (χ1n) is 17.7. The molecule has 6 nitrogen and oxygen atoms in total. The molecule has 2 saturated carbocycles. The van der Waals surface area contributed by atoms with E-state index in [0.29, 0.717) is 19.8 Å². The Morgan fingerprint density at radius 2 is 1.20 bits per heavy atom. The Morgan fingerprint density at radius 1 is 0.674 bits per heavy atom. The van der Waals surface area contributed by atoms with Gasteiger partial charge in [-0.1, -0.05) is 106 Å². The van der Waals surface area contributed by atoms with Crippen LogP contribution in [0.25, 0.3) is 12.2 Å². The molecule has 4 aliphatic rings. The summed E-state index contributed by atoms with van der Waals surface area (Å²) in [6.07, 6.45) is 19.5. The molecule has 0 aromatic heterocycles. The van der Waals surface area contributed by atoms with E-state index in [1.165, 1.54) is 81.6 Å². The van der Waals surface area contributed by atoms with Crippen LogP contribution in [-0.4, -0.2) is 44.2 Å². The van der Waals surface area contributed by atoms with Gasteiger partial charge in [0, 0.05) is 0 Å². The van der Waals surface area contributed by atoms with Crippen molar-refractivity contribution in [2.75, 3.05) is 19.8 Å². The van der Waals surface area contributed by atoms with Crippen molar-refractivity contribution in [1.82, 2.24) is 0 Å². The number of hydrogen-bond acceptors (Lipinski definition) is 6. The minimum Gasteiger partial charge on any atom is -0.369 e. The van der Waals surface area contributed by atoms with E-state index in [1.54, 1.807) is 0 Å². The smallest absolute Gasteiger partial charge is 0.171 e. The highest BCUT2D eigenvalue weighted by atomic mass is 17.2. The van der Waals surface area contributed by atoms with E-state index in [2.05, 4.69) is 74.2 Å². The van der Waals surface area contributed by atoms with Gasteiger partial charge in [0.05, 0.1) is 13.2 Å². The van der Waals surface area contributed by atoms with Gasteiger partial charge in [0.1, 0.15) is 24.9 Å². The summed E-state index contributed by atoms with van der Waals surface area (Å²) >= 11 is 0. The summed E-state index contributed by atoms with van der Waals surface area (Å²) in [5, 5.41) is 0. The van der Waals surface area contributed by atoms with Gasteiger partial charge in [-0.3, -0.25) is 0 Å². The van der Waals surface area contributed by atoms with E-state index in [9.17, 15) is 0 Å². The van der Waals surface area contributed by atoms with Gasteiger partial charge in [-0.15, -0.1) is 0 Å². The molecule has 2 aromatic rings. The largest absolute Gasteiger partial charge is 0.369 e. The van der Waals surface area contributed by atoms with Crippen LogP contribution in [0.2, 0.25) is 0 Å². The first-order valence-corrected chi connectivity index (χ1v) is 17.7. The summed E-state index contributed by atoms with van der Waals surface area (Å²) < 4.78 is 11.8. The van der Waals surface area contributed by atoms with Crippen molar-refractivity contribution in [3.8, 4) is 0 Å². The summed E-state index contributed by atoms with van der Waals surface area (Å²) in [6.45, 7) is 5.85. The Labute approximate surface area is 275 Å². The third kappa shape index (κ3) is 9.67. The van der Waals surface area contributed by atoms with Crippen molar-refractivity contribution in [2.45, 2.75) is 102 Å². The maximum atomic E-state index is 5.90. The summed E-state index contributed by atoms with van der Waals surface area (Å²) in [5.41, 5.74) is 8.13. The van der Waals surface area contributed by atoms with Crippen molar-refractivity contribution in [2.24, 2.45) is 23.7 Å². The SMILES string of the molecule is CC1CCC(Cc2ccc(C=C=COO[C@@H]3CO[C@H]4[C@@H]3OC[C@@H]4OOC/C=C/c3ccc(CC4CCC(C)CC4)cc3)cc2)CC1. The van der Waals surface area contributed by atoms with Crippen LogP contribution in [0, 0.1) is 23.7 Å². The maximum Gasteiger partial charge on any atom is 0.171 e. The number of ether oxygens (including phenoxy) is 2. The average Bonchev–Trinajstić information content (AvgIpc) is 3.67. The van der Waals surface area contributed by atoms with E-state index in [-0.39, 0.29) is 24.4 Å². The van der Waals surface area contributed by atoms with Gasteiger partial charge in [0.25, 0.3) is 0 Å². The minimum atomic E-state index is -0.344. The Morgan fingerprint density at radius 3 is 1.76 bits per heavy atom. The Bertz CT molecular complexity index is 1280. The molecule has 248 valence electrons. The molecule has 2 saturated heterocycles. The van der Waals surface area contributed by atoms with Crippen LogP contribution >= 0.6 is 0 Å². The van der Waals surface area contributed by atoms with Gasteiger partial charge in [0.15, 0.2) is 12.4 Å². The highest BCUT2D eigenvalue weighted by Gasteiger charge is 2.50. The molecule has 6 heteroatoms. The van der Waals surface area contributed by atoms with Gasteiger partial charge in [0.2, 0.25) is 0 Å². The molecule has 46 heavy (non-hydrogen) atoms. The van der Waals surface area contributed by atoms with Crippen LogP contribution in [0.3, 0.4) is 0 Å². The zero-order valence-electron chi connectivity index (χ0n) is 27.7. The van der Waals surface area contributed by atoms with Crippen LogP contribution in [0.15, 0.2) is 66.6 Å². The third-order valence-electron chi connectivity index (χ3n) is 10.5. The molecular weight excluding hydrogens is 576 g/mol. The molecule has 0 unspecified atom stereocenters. The first-order chi connectivity index (χ1) is 22.6. The average molecular weight is 629 g/mol. The summed E-state index contributed by atoms with van der Waals surface area (Å²) in [7, 11) is 0. The first kappa shape index (κ1) is 33.2. The Balaban J connectivity index is 0.852. The fraction of sp³-hybridized carbons (Fsp3) is 0.575. The van der Waals surface area contributed by atoms with Crippen LogP contribution in [-0.2, 0) is 41.9 Å². The molecule has 4 atom stereocenters. The molecule has 0 N–H and O–H groups in total. The van der Waals surface area contributed by atoms with Gasteiger partial charge >= 0.3 is 0 Å². The monoisotopic (exact) mass is 628 g/mol. The molecule has 0 bridgehead atoms. The van der Waals surface area contributed by atoms with Crippen molar-refractivity contribution in [3.05, 3.63) is 88.9 Å². The standard InChI is InChI=1S/C40H52O6/c1-29-7-11-33(12-8-29)25-35-19-15-31(16-20-35)5-3-23-43-45-37-27-41-40-38(28-42-39(37)40)46-44-24-4-6-32-17-21-36(22-18-32)26-34-13-9-30(2)10-14-34/h3,5-6,15-22,24,29-30,33-34,37-40H,7-14,23,25-28H2,1-2H3/b5-3+/t4?,29?,30?,33?,34?,37-,38+,39+,40+/m0/s1. The molecule has 0 radical (unpaired) electrons. The molecule has 4 fully saturated rings. The summed E-state index contributed by atoms with van der Waals surface area (Å²) in [4.78, 5) is 22.0. The van der Waals surface area contributed by atoms with E-state index >= 15 is 0 Å². The lowest BCUT2D eigenvalue weighted by Gasteiger charge is -2.26. The lowest BCUT2D eigenvalue weighted by atomic mass is 9.80. The van der Waals surface area contributed by atoms with Gasteiger partial charge in [-0.05, 0) is 90.5 Å². The lowest BCUT2D eigenvalue weighted by molar-refractivity contribution is -0.327. The third-order valence-corrected chi connectivity index (χ3v) is 10.5. The van der Waals surface area contributed by atoms with E-state index in [4.69, 9.17) is 29.0 Å². The number of rotatable bonds is 13. The lowest BCUT2D eigenvalue weighted by Crippen LogP contribution is -2.34. The fourth-order valence-electron chi connectivity index (χ4n) is 7.45. The predicted molar refractivity (Wildman–Crippen MR) is 180 cm³/mol. The summed E-state index contributed by atoms with van der Waals surface area (Å²) in [6, 6.07) is 17.6. The van der Waals surface area contributed by atoms with Crippen LogP contribution in [0.4, 0.5) is 0 Å². The topological polar surface area (TPSA) is 55.4 Å². The second-order valence-electron chi connectivity index (χ2n) is 14.2. The highest BCUT2D eigenvalue weighted by Crippen LogP contribution is 2.33. The molecule has 2 aliphatic heterocycles. The van der Waals surface area contributed by atoms with Crippen molar-refractivity contribution >= 4 is 12.2 Å². The molecule has 2 aliphatic carbocycles. The second kappa shape index (κ2) is 16.9. The second-order valence-corrected chi connectivity index (χ2v) is 14.2. The molecule has 6 rings (SSSR count). The number of benzene rings is 2. The van der Waals surface area contributed by atoms with Crippen LogP contribution in [0.1, 0.15) is 87.5 Å². The minimum absolute atomic E-state index is 0.257. The van der Waals surface area contributed by atoms with Crippen molar-refractivity contribution in [3.63, 3.8) is 0 Å². The number of hydrogen-bond donors (Lipinski definition) is 0. The predicted octanol–water partition coefficient (Wildman–Crippen LogP) is 8.69. The van der Waals surface area contributed by atoms with Gasteiger partial charge in [-0.2, -0.15) is 4.89 Å². The zero-order chi connectivity index (χ0) is 31.6. The molecular formula is C40H52O6.